The summed E-state index contributed by atoms with van der Waals surface area (Å²) in [6.07, 6.45) is 2.14. The van der Waals surface area contributed by atoms with Crippen LogP contribution in [0.3, 0.4) is 0 Å². The maximum Gasteiger partial charge on any atom is 0.246 e. The van der Waals surface area contributed by atoms with Gasteiger partial charge in [-0.2, -0.15) is 11.8 Å². The number of likely N-dealkylation sites (N-methyl/N-ethyl adjacent to an activating group) is 3. The van der Waals surface area contributed by atoms with E-state index in [0.29, 0.717) is 51.3 Å². The molecule has 43 nitrogen and oxygen atoms in total. The molecule has 3 saturated heterocycles. The molecule has 3 aromatic carbocycles. The summed E-state index contributed by atoms with van der Waals surface area (Å²) in [7, 11) is 3.88. The number of unbranched alkanes of at least 4 members (excludes halogenated alkanes) is 1. The molecule has 5 aromatic rings. The highest BCUT2D eigenvalue weighted by Gasteiger charge is 2.47. The van der Waals surface area contributed by atoms with Crippen molar-refractivity contribution in [2.75, 3.05) is 84.0 Å². The number of phenols is 1. The number of thioether (sulfide) groups is 2. The fourth-order valence-corrected chi connectivity index (χ4v) is 17.3. The number of aliphatic hydroxyl groups is 2. The first-order chi connectivity index (χ1) is 62.8. The molecule has 1 unspecified atom stereocenters. The van der Waals surface area contributed by atoms with Gasteiger partial charge in [-0.3, -0.25) is 86.9 Å². The van der Waals surface area contributed by atoms with Crippen LogP contribution < -0.4 is 81.4 Å². The number of benzene rings is 3. The van der Waals surface area contributed by atoms with Crippen molar-refractivity contribution < 1.29 is 96.8 Å². The summed E-state index contributed by atoms with van der Waals surface area (Å²) in [5.41, 5.74) is 25.5. The number of fused-ring (bicyclic) bond motifs is 4. The van der Waals surface area contributed by atoms with Crippen molar-refractivity contribution in [3.63, 3.8) is 0 Å². The lowest BCUT2D eigenvalue weighted by Gasteiger charge is -2.36. The number of carbonyl (C=O) groups is 17. The topological polar surface area (TPSA) is 659 Å². The first kappa shape index (κ1) is 105. The predicted molar refractivity (Wildman–Crippen MR) is 490 cm³/mol. The van der Waals surface area contributed by atoms with Gasteiger partial charge in [0, 0.05) is 113 Å². The predicted octanol–water partition coefficient (Wildman–Crippen LogP) is -4.37. The number of carbonyl (C=O) groups excluding carboxylic acids is 17. The van der Waals surface area contributed by atoms with Crippen molar-refractivity contribution >= 4 is 152 Å². The fraction of sp³-hybridized carbons (Fsp3) is 0.540. The zero-order valence-electron chi connectivity index (χ0n) is 75.2. The molecule has 720 valence electrons. The number of aromatic hydroxyl groups is 1. The number of phenolic OH excluding ortho intramolecular Hbond substituents is 1. The van der Waals surface area contributed by atoms with Crippen molar-refractivity contribution in [3.8, 4) is 5.75 Å². The zero-order valence-corrected chi connectivity index (χ0v) is 76.9. The van der Waals surface area contributed by atoms with Crippen LogP contribution in [0.5, 0.6) is 5.75 Å². The number of para-hydroxylation sites is 2. The number of guanidine groups is 1. The Kier molecular flexibility index (Phi) is 39.8. The Labute approximate surface area is 771 Å². The molecule has 8 rings (SSSR count). The molecule has 3 aliphatic heterocycles. The number of nitrogens with one attached hydrogen (secondary N) is 14. The van der Waals surface area contributed by atoms with Crippen LogP contribution in [0.2, 0.25) is 0 Å². The van der Waals surface area contributed by atoms with Gasteiger partial charge in [0.05, 0.1) is 31.4 Å². The van der Waals surface area contributed by atoms with Gasteiger partial charge in [-0.05, 0) is 111 Å². The van der Waals surface area contributed by atoms with Crippen LogP contribution in [-0.2, 0) is 101 Å². The minimum Gasteiger partial charge on any atom is -0.508 e. The Balaban J connectivity index is 1.19. The standard InChI is InChI=1S/C87H125N23O20S2/c1-9-10-22-68-86(130)107(6)66(28-31-131-8)79(123)98-57(21-15-29-93-87(91)92)75(119)105-65(74(118)96-41-71(90)115)44-132-45-72(116)97-60(33-48-24-26-51(112)27-25-48)82(126)106(5)47(4)73(117)100-62(37-70(89)114)84(128)109-30-16-23-67(109)80(124)103-63(38-88)77(121)101-59(32-46(2)3)85(129)110-42-52(113)36-69(110)81(125)99-58(34-49-39-94-55-19-13-11-17-53(49)55)76(120)104-64(43-111)78(122)102-61(83(127)108(68)7)35-50-40-95-56-20-14-12-18-54(50)56/h11-14,17-20,24-27,39-40,46-47,52,57-69,94-95,111-113H,9-10,15-16,21-23,28-38,41-45,88H2,1-8H3,(H2,89,114)(H2,90,115)(H,96,118)(H,97,116)(H,98,123)(H,99,125)(H,100,117)(H,101,121)(H,102,122)(H,103,124)(H,104,120)(H,105,119)(H4,91,92,93)/t47-,52+,57-,58-,59-,60-,61-,62-,63-,64-,65?,66-,67-,68-,69-/m0/s1. The molecule has 0 radical (unpaired) electrons. The van der Waals surface area contributed by atoms with Crippen molar-refractivity contribution in [1.82, 2.24) is 93.0 Å². The van der Waals surface area contributed by atoms with E-state index in [2.05, 4.69) is 68.5 Å². The Morgan fingerprint density at radius 1 is 0.576 bits per heavy atom. The highest BCUT2D eigenvalue weighted by Crippen LogP contribution is 2.28. The van der Waals surface area contributed by atoms with Crippen molar-refractivity contribution in [2.24, 2.45) is 28.9 Å². The number of aromatic amines is 2. The van der Waals surface area contributed by atoms with E-state index in [1.165, 1.54) is 64.1 Å². The van der Waals surface area contributed by atoms with E-state index in [9.17, 15) is 63.3 Å². The summed E-state index contributed by atoms with van der Waals surface area (Å²) in [5.74, 6) is -18.0. The average molecular weight is 1880 g/mol. The first-order valence-electron chi connectivity index (χ1n) is 43.8. The summed E-state index contributed by atoms with van der Waals surface area (Å²) < 4.78 is 0. The molecule has 0 spiro atoms. The summed E-state index contributed by atoms with van der Waals surface area (Å²) in [5, 5.41) is 70.5. The SMILES string of the molecule is CCCC[C@H]1C(=O)N(C)[C@@H](CCSC)C(=O)N[C@@H](CCCNC(=N)N)C(=O)NC(C(=O)NCC(N)=O)CSCC(=O)N[C@@H](Cc2ccc(O)cc2)C(=O)N(C)[C@@H](C)C(=O)N[C@@H](CC(N)=O)C(=O)N2CCC[C@H]2C(=O)N[C@@H](CN)C(=O)N[C@@H](CC(C)C)C(=O)N2C[C@H](O)C[C@H]2C(=O)N[C@@H](Cc2c[nH]c3ccccc23)C(=O)N[C@@H](CO)C(=O)N[C@@H](Cc2c[nH]c3ccccc23)C(=O)N1C. The van der Waals surface area contributed by atoms with E-state index in [4.69, 9.17) is 28.3 Å². The zero-order chi connectivity index (χ0) is 96.9. The molecule has 3 aliphatic rings. The Morgan fingerprint density at radius 2 is 1.12 bits per heavy atom. The fourth-order valence-electron chi connectivity index (χ4n) is 16.0. The second-order valence-corrected chi connectivity index (χ2v) is 35.6. The number of H-pyrrole nitrogens is 2. The maximum absolute atomic E-state index is 15.7. The molecule has 0 saturated carbocycles. The number of aliphatic hydroxyl groups excluding tert-OH is 2. The summed E-state index contributed by atoms with van der Waals surface area (Å²) >= 11 is 2.07. The third-order valence-corrected chi connectivity index (χ3v) is 25.0. The monoisotopic (exact) mass is 1880 g/mol. The van der Waals surface area contributed by atoms with Crippen LogP contribution in [0, 0.1) is 11.3 Å². The number of primary amides is 2. The average Bonchev–Trinajstić information content (AvgIpc) is 1.60. The van der Waals surface area contributed by atoms with Crippen molar-refractivity contribution in [1.29, 1.82) is 5.41 Å². The molecule has 25 N–H and O–H groups in total. The third-order valence-electron chi connectivity index (χ3n) is 23.3. The van der Waals surface area contributed by atoms with Crippen molar-refractivity contribution in [3.05, 3.63) is 102 Å². The van der Waals surface area contributed by atoms with Gasteiger partial charge in [0.1, 0.15) is 90.3 Å². The lowest BCUT2D eigenvalue weighted by Crippen LogP contribution is -2.62. The number of nitrogens with zero attached hydrogens (tertiary/aromatic N) is 5. The highest BCUT2D eigenvalue weighted by molar-refractivity contribution is 8.00. The molecule has 3 fully saturated rings. The molecule has 0 aliphatic carbocycles. The van der Waals surface area contributed by atoms with E-state index in [1.807, 2.05) is 6.92 Å². The summed E-state index contributed by atoms with van der Waals surface area (Å²) in [4.78, 5) is 260. The molecule has 17 amide bonds. The van der Waals surface area contributed by atoms with E-state index in [-0.39, 0.29) is 94.7 Å². The van der Waals surface area contributed by atoms with Gasteiger partial charge in [0.2, 0.25) is 100 Å². The normalized spacial score (nSPS) is 25.1. The minimum absolute atomic E-state index is 0.0169. The molecular formula is C87H125N23O20S2. The van der Waals surface area contributed by atoms with Crippen LogP contribution in [-0.4, -0.2) is 331 Å². The number of amides is 17. The van der Waals surface area contributed by atoms with Crippen LogP contribution in [0.25, 0.3) is 21.8 Å². The quantitative estimate of drug-likeness (QED) is 0.0149. The van der Waals surface area contributed by atoms with E-state index < -0.39 is 248 Å². The number of rotatable bonds is 25. The van der Waals surface area contributed by atoms with E-state index >= 15 is 33.6 Å². The van der Waals surface area contributed by atoms with Gasteiger partial charge in [-0.15, -0.1) is 11.8 Å². The van der Waals surface area contributed by atoms with Gasteiger partial charge in [0.15, 0.2) is 5.96 Å². The second kappa shape index (κ2) is 50.1. The minimum atomic E-state index is -1.89. The van der Waals surface area contributed by atoms with Crippen molar-refractivity contribution in [2.45, 2.75) is 208 Å². The van der Waals surface area contributed by atoms with E-state index in [1.54, 1.807) is 81.0 Å². The Bertz CT molecular complexity index is 4960. The van der Waals surface area contributed by atoms with Gasteiger partial charge >= 0.3 is 0 Å². The van der Waals surface area contributed by atoms with Gasteiger partial charge in [-0.25, -0.2) is 0 Å². The maximum atomic E-state index is 15.7. The van der Waals surface area contributed by atoms with Gasteiger partial charge in [0.25, 0.3) is 0 Å². The molecule has 15 atom stereocenters. The number of aromatic nitrogens is 2. The largest absolute Gasteiger partial charge is 0.508 e. The molecule has 132 heavy (non-hydrogen) atoms. The summed E-state index contributed by atoms with van der Waals surface area (Å²) in [6, 6.07) is -2.36. The number of hydrogen-bond acceptors (Lipinski definition) is 24. The molecule has 0 bridgehead atoms. The van der Waals surface area contributed by atoms with Gasteiger partial charge in [-0.1, -0.05) is 82.1 Å². The molecular weight excluding hydrogens is 1750 g/mol. The van der Waals surface area contributed by atoms with E-state index in [0.717, 1.165) is 36.3 Å². The highest BCUT2D eigenvalue weighted by atomic mass is 32.2. The molecule has 5 heterocycles. The third kappa shape index (κ3) is 29.2. The smallest absolute Gasteiger partial charge is 0.246 e. The van der Waals surface area contributed by atoms with Gasteiger partial charge < -0.3 is 131 Å². The molecule has 2 aromatic heterocycles. The first-order valence-corrected chi connectivity index (χ1v) is 46.3. The molecule has 45 heteroatoms. The second-order valence-electron chi connectivity index (χ2n) is 33.6. The Hall–Kier alpha value is -12.6. The summed E-state index contributed by atoms with van der Waals surface area (Å²) in [6.45, 7) is 3.54. The lowest BCUT2D eigenvalue weighted by atomic mass is 10.0. The number of nitrogens with two attached hydrogens (primary N) is 4. The Morgan fingerprint density at radius 3 is 1.73 bits per heavy atom. The number of hydrogen-bond donors (Lipinski definition) is 21. The van der Waals surface area contributed by atoms with Crippen LogP contribution in [0.1, 0.15) is 115 Å². The van der Waals surface area contributed by atoms with Crippen LogP contribution in [0.4, 0.5) is 0 Å². The van der Waals surface area contributed by atoms with Crippen LogP contribution >= 0.6 is 23.5 Å². The van der Waals surface area contributed by atoms with Crippen LogP contribution in [0.15, 0.2) is 85.2 Å². The lowest BCUT2D eigenvalue weighted by molar-refractivity contribution is -0.149.